The van der Waals surface area contributed by atoms with Crippen LogP contribution in [0.4, 0.5) is 0 Å². The van der Waals surface area contributed by atoms with Crippen molar-refractivity contribution in [2.24, 2.45) is 5.92 Å². The van der Waals surface area contributed by atoms with Crippen LogP contribution in [0.25, 0.3) is 0 Å². The summed E-state index contributed by atoms with van der Waals surface area (Å²) in [5, 5.41) is 11.5. The number of aliphatic hydroxyl groups excluding tert-OH is 1. The maximum Gasteiger partial charge on any atom is 0.188 e. The van der Waals surface area contributed by atoms with Crippen LogP contribution in [0.15, 0.2) is 97.1 Å². The van der Waals surface area contributed by atoms with Crippen molar-refractivity contribution in [3.63, 3.8) is 0 Å². The van der Waals surface area contributed by atoms with Gasteiger partial charge in [0.25, 0.3) is 0 Å². The first-order valence-electron chi connectivity index (χ1n) is 9.27. The van der Waals surface area contributed by atoms with Crippen LogP contribution in [0.2, 0.25) is 5.02 Å². The van der Waals surface area contributed by atoms with Crippen LogP contribution in [0.1, 0.15) is 38.8 Å². The molecular weight excluding hydrogens is 384 g/mol. The van der Waals surface area contributed by atoms with E-state index in [9.17, 15) is 14.7 Å². The van der Waals surface area contributed by atoms with Gasteiger partial charge in [-0.25, -0.2) is 0 Å². The molecule has 3 nitrogen and oxygen atoms in total. The molecule has 146 valence electrons. The third-order valence-corrected chi connectivity index (χ3v) is 5.06. The molecule has 3 rings (SSSR count). The molecule has 3 aromatic rings. The number of hydrogen-bond donors (Lipinski definition) is 1. The van der Waals surface area contributed by atoms with Crippen LogP contribution in [0.5, 0.6) is 0 Å². The van der Waals surface area contributed by atoms with E-state index in [1.165, 1.54) is 0 Å². The summed E-state index contributed by atoms with van der Waals surface area (Å²) in [7, 11) is 0. The molecule has 3 aromatic carbocycles. The van der Waals surface area contributed by atoms with Crippen molar-refractivity contribution in [1.29, 1.82) is 0 Å². The molecule has 29 heavy (non-hydrogen) atoms. The third kappa shape index (κ3) is 5.08. The van der Waals surface area contributed by atoms with Crippen molar-refractivity contribution in [2.75, 3.05) is 0 Å². The molecule has 0 aliphatic carbocycles. The van der Waals surface area contributed by atoms with E-state index in [0.717, 1.165) is 0 Å². The molecule has 0 amide bonds. The fourth-order valence-corrected chi connectivity index (χ4v) is 3.33. The van der Waals surface area contributed by atoms with Crippen molar-refractivity contribution < 1.29 is 14.7 Å². The van der Waals surface area contributed by atoms with Gasteiger partial charge in [0.1, 0.15) is 0 Å². The van der Waals surface area contributed by atoms with Gasteiger partial charge in [0.15, 0.2) is 11.6 Å². The van der Waals surface area contributed by atoms with Gasteiger partial charge in [-0.3, -0.25) is 9.59 Å². The molecule has 0 saturated carbocycles. The molecule has 1 N–H and O–H groups in total. The topological polar surface area (TPSA) is 54.4 Å². The van der Waals surface area contributed by atoms with Gasteiger partial charge in [0, 0.05) is 16.1 Å². The SMILES string of the molecule is C=C(CC(C(=O)c1ccccc1)C(O)c1ccc(Cl)cc1)C(=O)c1ccccc1. The molecule has 2 atom stereocenters. The summed E-state index contributed by atoms with van der Waals surface area (Å²) in [4.78, 5) is 25.9. The van der Waals surface area contributed by atoms with Crippen LogP contribution in [-0.2, 0) is 0 Å². The minimum atomic E-state index is -1.10. The molecular formula is C25H21ClO3. The average molecular weight is 405 g/mol. The van der Waals surface area contributed by atoms with Crippen molar-refractivity contribution in [3.05, 3.63) is 119 Å². The van der Waals surface area contributed by atoms with Gasteiger partial charge >= 0.3 is 0 Å². The lowest BCUT2D eigenvalue weighted by molar-refractivity contribution is 0.0673. The zero-order valence-electron chi connectivity index (χ0n) is 15.8. The number of halogens is 1. The Morgan fingerprint density at radius 2 is 1.34 bits per heavy atom. The van der Waals surface area contributed by atoms with E-state index < -0.39 is 12.0 Å². The van der Waals surface area contributed by atoms with E-state index in [-0.39, 0.29) is 23.6 Å². The summed E-state index contributed by atoms with van der Waals surface area (Å²) in [6.45, 7) is 3.90. The first-order valence-corrected chi connectivity index (χ1v) is 9.65. The monoisotopic (exact) mass is 404 g/mol. The molecule has 2 unspecified atom stereocenters. The van der Waals surface area contributed by atoms with Crippen molar-refractivity contribution in [1.82, 2.24) is 0 Å². The minimum Gasteiger partial charge on any atom is -0.388 e. The number of benzene rings is 3. The number of carbonyl (C=O) groups is 2. The molecule has 0 spiro atoms. The summed E-state index contributed by atoms with van der Waals surface area (Å²) < 4.78 is 0. The maximum atomic E-state index is 13.2. The zero-order chi connectivity index (χ0) is 20.8. The van der Waals surface area contributed by atoms with Crippen LogP contribution >= 0.6 is 11.6 Å². The van der Waals surface area contributed by atoms with E-state index in [4.69, 9.17) is 11.6 Å². The summed E-state index contributed by atoms with van der Waals surface area (Å²) >= 11 is 5.94. The second-order valence-corrected chi connectivity index (χ2v) is 7.27. The molecule has 4 heteroatoms. The Morgan fingerprint density at radius 3 is 1.90 bits per heavy atom. The number of carbonyl (C=O) groups excluding carboxylic acids is 2. The Morgan fingerprint density at radius 1 is 0.828 bits per heavy atom. The normalized spacial score (nSPS) is 12.8. The van der Waals surface area contributed by atoms with Gasteiger partial charge in [-0.05, 0) is 29.7 Å². The highest BCUT2D eigenvalue weighted by atomic mass is 35.5. The van der Waals surface area contributed by atoms with Crippen LogP contribution in [-0.4, -0.2) is 16.7 Å². The average Bonchev–Trinajstić information content (AvgIpc) is 2.77. The number of aliphatic hydroxyl groups is 1. The minimum absolute atomic E-state index is 0.0469. The highest BCUT2D eigenvalue weighted by Gasteiger charge is 2.31. The highest BCUT2D eigenvalue weighted by Crippen LogP contribution is 2.31. The fourth-order valence-electron chi connectivity index (χ4n) is 3.21. The smallest absolute Gasteiger partial charge is 0.188 e. The second-order valence-electron chi connectivity index (χ2n) is 6.84. The van der Waals surface area contributed by atoms with Crippen LogP contribution in [0.3, 0.4) is 0 Å². The highest BCUT2D eigenvalue weighted by molar-refractivity contribution is 6.30. The van der Waals surface area contributed by atoms with Gasteiger partial charge in [0.2, 0.25) is 0 Å². The lowest BCUT2D eigenvalue weighted by Crippen LogP contribution is -2.24. The standard InChI is InChI=1S/C25H21ClO3/c1-17(23(27)18-8-4-2-5-9-18)16-22(24(28)19-10-6-3-7-11-19)25(29)20-12-14-21(26)15-13-20/h2-15,22,25,29H,1,16H2. The molecule has 0 aliphatic rings. The third-order valence-electron chi connectivity index (χ3n) is 4.81. The number of allylic oxidation sites excluding steroid dienone is 1. The van der Waals surface area contributed by atoms with Crippen molar-refractivity contribution >= 4 is 23.2 Å². The van der Waals surface area contributed by atoms with Gasteiger partial charge in [-0.15, -0.1) is 0 Å². The van der Waals surface area contributed by atoms with Crippen molar-refractivity contribution in [3.8, 4) is 0 Å². The zero-order valence-corrected chi connectivity index (χ0v) is 16.5. The van der Waals surface area contributed by atoms with Gasteiger partial charge < -0.3 is 5.11 Å². The fraction of sp³-hybridized carbons (Fsp3) is 0.120. The Hall–Kier alpha value is -3.01. The molecule has 0 heterocycles. The lowest BCUT2D eigenvalue weighted by Gasteiger charge is -2.23. The summed E-state index contributed by atoms with van der Waals surface area (Å²) in [6, 6.07) is 24.2. The van der Waals surface area contributed by atoms with E-state index in [1.807, 2.05) is 12.1 Å². The van der Waals surface area contributed by atoms with Gasteiger partial charge in [-0.2, -0.15) is 0 Å². The largest absolute Gasteiger partial charge is 0.388 e. The molecule has 0 radical (unpaired) electrons. The summed E-state index contributed by atoms with van der Waals surface area (Å²) in [5.74, 6) is -1.33. The predicted octanol–water partition coefficient (Wildman–Crippen LogP) is 5.70. The Kier molecular flexibility index (Phi) is 6.76. The van der Waals surface area contributed by atoms with Crippen LogP contribution < -0.4 is 0 Å². The van der Waals surface area contributed by atoms with E-state index in [2.05, 4.69) is 6.58 Å². The quantitative estimate of drug-likeness (QED) is 0.387. The number of ketones is 2. The van der Waals surface area contributed by atoms with Crippen LogP contribution in [0, 0.1) is 5.92 Å². The summed E-state index contributed by atoms with van der Waals surface area (Å²) in [5.41, 5.74) is 1.82. The van der Waals surface area contributed by atoms with E-state index in [0.29, 0.717) is 21.7 Å². The van der Waals surface area contributed by atoms with E-state index in [1.54, 1.807) is 72.8 Å². The second kappa shape index (κ2) is 9.46. The number of rotatable bonds is 8. The van der Waals surface area contributed by atoms with Gasteiger partial charge in [-0.1, -0.05) is 91.0 Å². The summed E-state index contributed by atoms with van der Waals surface area (Å²) in [6.07, 6.45) is -1.05. The predicted molar refractivity (Wildman–Crippen MR) is 115 cm³/mol. The first-order chi connectivity index (χ1) is 14.0. The molecule has 0 fully saturated rings. The Labute approximate surface area is 175 Å². The molecule has 0 saturated heterocycles. The lowest BCUT2D eigenvalue weighted by atomic mass is 9.83. The first kappa shape index (κ1) is 20.7. The molecule has 0 aliphatic heterocycles. The van der Waals surface area contributed by atoms with Crippen molar-refractivity contribution in [2.45, 2.75) is 12.5 Å². The van der Waals surface area contributed by atoms with Gasteiger partial charge in [0.05, 0.1) is 12.0 Å². The number of hydrogen-bond acceptors (Lipinski definition) is 3. The maximum absolute atomic E-state index is 13.2. The number of Topliss-reactive ketones (excluding diaryl/α,β-unsaturated/α-hetero) is 2. The molecule has 0 aromatic heterocycles. The molecule has 0 bridgehead atoms. The Bertz CT molecular complexity index is 995. The van der Waals surface area contributed by atoms with E-state index >= 15 is 0 Å². The Balaban J connectivity index is 1.90.